The number of anilines is 1. The average Bonchev–Trinajstić information content (AvgIpc) is 3.01. The van der Waals surface area contributed by atoms with Crippen LogP contribution in [0.25, 0.3) is 6.08 Å². The van der Waals surface area contributed by atoms with Crippen molar-refractivity contribution in [3.63, 3.8) is 0 Å². The molecule has 1 fully saturated rings. The summed E-state index contributed by atoms with van der Waals surface area (Å²) in [4.78, 5) is 38.4. The van der Waals surface area contributed by atoms with E-state index in [4.69, 9.17) is 25.8 Å². The van der Waals surface area contributed by atoms with E-state index >= 15 is 0 Å². The minimum absolute atomic E-state index is 0.171. The highest BCUT2D eigenvalue weighted by atomic mass is 35.5. The summed E-state index contributed by atoms with van der Waals surface area (Å²) in [5.41, 5.74) is 0.967. The molecular formula is C21H19ClN2O6S. The zero-order valence-electron chi connectivity index (χ0n) is 16.9. The summed E-state index contributed by atoms with van der Waals surface area (Å²) >= 11 is 6.77. The standard InChI is InChI=1S/C21H19ClN2O6S/c1-28-15-8-12(9-16(29-2)19(15)30-3)10-17-20(26)24(21(27)31-17)11-18(25)23-14-7-5-4-6-13(14)22/h4-10H,11H2,1-3H3,(H,23,25)/b17-10+. The first-order valence-corrected chi connectivity index (χ1v) is 10.2. The lowest BCUT2D eigenvalue weighted by Crippen LogP contribution is -2.36. The molecule has 1 heterocycles. The summed E-state index contributed by atoms with van der Waals surface area (Å²) in [7, 11) is 4.44. The Morgan fingerprint density at radius 2 is 1.74 bits per heavy atom. The van der Waals surface area contributed by atoms with E-state index < -0.39 is 23.6 Å². The summed E-state index contributed by atoms with van der Waals surface area (Å²) in [6, 6.07) is 9.98. The monoisotopic (exact) mass is 462 g/mol. The highest BCUT2D eigenvalue weighted by Gasteiger charge is 2.36. The number of hydrogen-bond acceptors (Lipinski definition) is 7. The fraction of sp³-hybridized carbons (Fsp3) is 0.190. The fourth-order valence-electron chi connectivity index (χ4n) is 2.87. The Balaban J connectivity index is 1.79. The average molecular weight is 463 g/mol. The summed E-state index contributed by atoms with van der Waals surface area (Å²) in [5, 5.41) is 2.40. The molecule has 3 amide bonds. The second-order valence-corrected chi connectivity index (χ2v) is 7.65. The molecule has 0 bridgehead atoms. The Hall–Kier alpha value is -3.17. The number of imide groups is 1. The predicted octanol–water partition coefficient (Wildman–Crippen LogP) is 4.04. The molecule has 0 aliphatic carbocycles. The van der Waals surface area contributed by atoms with Crippen molar-refractivity contribution < 1.29 is 28.6 Å². The van der Waals surface area contributed by atoms with Crippen molar-refractivity contribution in [2.75, 3.05) is 33.2 Å². The molecule has 0 aromatic heterocycles. The number of para-hydroxylation sites is 1. The molecule has 1 aliphatic heterocycles. The van der Waals surface area contributed by atoms with Crippen LogP contribution in [0.5, 0.6) is 17.2 Å². The minimum Gasteiger partial charge on any atom is -0.493 e. The van der Waals surface area contributed by atoms with Gasteiger partial charge in [-0.1, -0.05) is 23.7 Å². The number of nitrogens with zero attached hydrogens (tertiary/aromatic N) is 1. The first-order chi connectivity index (χ1) is 14.9. The van der Waals surface area contributed by atoms with Crippen LogP contribution in [-0.4, -0.2) is 49.8 Å². The number of thioether (sulfide) groups is 1. The van der Waals surface area contributed by atoms with Gasteiger partial charge in [0.2, 0.25) is 11.7 Å². The molecule has 1 saturated heterocycles. The zero-order valence-corrected chi connectivity index (χ0v) is 18.5. The van der Waals surface area contributed by atoms with Crippen LogP contribution in [0, 0.1) is 0 Å². The molecule has 162 valence electrons. The van der Waals surface area contributed by atoms with E-state index in [1.807, 2.05) is 0 Å². The highest BCUT2D eigenvalue weighted by Crippen LogP contribution is 2.40. The van der Waals surface area contributed by atoms with E-state index in [1.54, 1.807) is 36.4 Å². The van der Waals surface area contributed by atoms with E-state index in [9.17, 15) is 14.4 Å². The van der Waals surface area contributed by atoms with Crippen LogP contribution in [0.3, 0.4) is 0 Å². The topological polar surface area (TPSA) is 94.2 Å². The van der Waals surface area contributed by atoms with Crippen LogP contribution in [0.4, 0.5) is 10.5 Å². The summed E-state index contributed by atoms with van der Waals surface area (Å²) in [6.07, 6.45) is 1.53. The number of halogens is 1. The van der Waals surface area contributed by atoms with Crippen LogP contribution < -0.4 is 19.5 Å². The van der Waals surface area contributed by atoms with Gasteiger partial charge in [0.05, 0.1) is 36.9 Å². The smallest absolute Gasteiger partial charge is 0.294 e. The molecule has 1 aliphatic rings. The number of benzene rings is 2. The summed E-state index contributed by atoms with van der Waals surface area (Å²) in [5.74, 6) is 0.117. The maximum atomic E-state index is 12.7. The number of amides is 3. The Morgan fingerprint density at radius 1 is 1.10 bits per heavy atom. The van der Waals surface area contributed by atoms with Crippen molar-refractivity contribution in [2.45, 2.75) is 0 Å². The number of methoxy groups -OCH3 is 3. The number of nitrogens with one attached hydrogen (secondary N) is 1. The lowest BCUT2D eigenvalue weighted by Gasteiger charge is -2.13. The minimum atomic E-state index is -0.571. The number of carbonyl (C=O) groups excluding carboxylic acids is 3. The van der Waals surface area contributed by atoms with Crippen molar-refractivity contribution in [1.29, 1.82) is 0 Å². The lowest BCUT2D eigenvalue weighted by molar-refractivity contribution is -0.127. The Morgan fingerprint density at radius 3 is 2.32 bits per heavy atom. The molecule has 10 heteroatoms. The third kappa shape index (κ3) is 4.95. The van der Waals surface area contributed by atoms with Gasteiger partial charge in [-0.15, -0.1) is 0 Å². The Kier molecular flexibility index (Phi) is 7.09. The third-order valence-corrected chi connectivity index (χ3v) is 5.55. The third-order valence-electron chi connectivity index (χ3n) is 4.31. The molecule has 2 aromatic carbocycles. The van der Waals surface area contributed by atoms with Crippen LogP contribution in [0.15, 0.2) is 41.3 Å². The van der Waals surface area contributed by atoms with Gasteiger partial charge in [-0.2, -0.15) is 0 Å². The number of ether oxygens (including phenoxy) is 3. The van der Waals surface area contributed by atoms with Gasteiger partial charge in [0, 0.05) is 0 Å². The molecule has 3 rings (SSSR count). The van der Waals surface area contributed by atoms with Gasteiger partial charge >= 0.3 is 0 Å². The van der Waals surface area contributed by atoms with E-state index in [1.165, 1.54) is 27.4 Å². The van der Waals surface area contributed by atoms with Crippen molar-refractivity contribution >= 4 is 52.2 Å². The quantitative estimate of drug-likeness (QED) is 0.620. The number of carbonyl (C=O) groups is 3. The van der Waals surface area contributed by atoms with Crippen molar-refractivity contribution in [1.82, 2.24) is 4.90 Å². The van der Waals surface area contributed by atoms with Gasteiger partial charge in [-0.3, -0.25) is 19.3 Å². The van der Waals surface area contributed by atoms with Crippen LogP contribution in [0.1, 0.15) is 5.56 Å². The molecular weight excluding hydrogens is 444 g/mol. The zero-order chi connectivity index (χ0) is 22.5. The van der Waals surface area contributed by atoms with Gasteiger partial charge in [0.15, 0.2) is 11.5 Å². The first-order valence-electron chi connectivity index (χ1n) is 8.97. The molecule has 31 heavy (non-hydrogen) atoms. The maximum Gasteiger partial charge on any atom is 0.294 e. The lowest BCUT2D eigenvalue weighted by atomic mass is 10.1. The van der Waals surface area contributed by atoms with E-state index in [2.05, 4.69) is 5.32 Å². The molecule has 0 unspecified atom stereocenters. The van der Waals surface area contributed by atoms with Gasteiger partial charge in [0.1, 0.15) is 6.54 Å². The second kappa shape index (κ2) is 9.76. The van der Waals surface area contributed by atoms with Crippen molar-refractivity contribution in [3.8, 4) is 17.2 Å². The molecule has 0 spiro atoms. The largest absolute Gasteiger partial charge is 0.493 e. The van der Waals surface area contributed by atoms with E-state index in [0.717, 1.165) is 16.7 Å². The van der Waals surface area contributed by atoms with Crippen molar-refractivity contribution in [2.24, 2.45) is 0 Å². The number of hydrogen-bond donors (Lipinski definition) is 1. The predicted molar refractivity (Wildman–Crippen MR) is 119 cm³/mol. The molecule has 1 N–H and O–H groups in total. The second-order valence-electron chi connectivity index (χ2n) is 6.25. The number of rotatable bonds is 7. The van der Waals surface area contributed by atoms with Gasteiger partial charge in [0.25, 0.3) is 11.1 Å². The molecule has 0 saturated carbocycles. The highest BCUT2D eigenvalue weighted by molar-refractivity contribution is 8.18. The van der Waals surface area contributed by atoms with Gasteiger partial charge in [-0.05, 0) is 47.7 Å². The van der Waals surface area contributed by atoms with Crippen LogP contribution in [0.2, 0.25) is 5.02 Å². The normalized spacial score (nSPS) is 14.7. The van der Waals surface area contributed by atoms with Crippen LogP contribution >= 0.6 is 23.4 Å². The summed E-state index contributed by atoms with van der Waals surface area (Å²) < 4.78 is 15.9. The van der Waals surface area contributed by atoms with E-state index in [-0.39, 0.29) is 4.91 Å². The molecule has 2 aromatic rings. The van der Waals surface area contributed by atoms with E-state index in [0.29, 0.717) is 33.5 Å². The molecule has 0 radical (unpaired) electrons. The van der Waals surface area contributed by atoms with Crippen molar-refractivity contribution in [3.05, 3.63) is 51.9 Å². The first kappa shape index (κ1) is 22.5. The SMILES string of the molecule is COc1cc(/C=C2/SC(=O)N(CC(=O)Nc3ccccc3Cl)C2=O)cc(OC)c1OC. The summed E-state index contributed by atoms with van der Waals surface area (Å²) in [6.45, 7) is -0.428. The Labute approximate surface area is 188 Å². The molecule has 0 atom stereocenters. The maximum absolute atomic E-state index is 12.7. The Bertz CT molecular complexity index is 1050. The van der Waals surface area contributed by atoms with Gasteiger partial charge in [-0.25, -0.2) is 0 Å². The molecule has 8 nitrogen and oxygen atoms in total. The van der Waals surface area contributed by atoms with Crippen LogP contribution in [-0.2, 0) is 9.59 Å². The fourth-order valence-corrected chi connectivity index (χ4v) is 3.89. The van der Waals surface area contributed by atoms with Gasteiger partial charge < -0.3 is 19.5 Å².